The summed E-state index contributed by atoms with van der Waals surface area (Å²) in [5.74, 6) is 1.44. The summed E-state index contributed by atoms with van der Waals surface area (Å²) in [4.78, 5) is 28.2. The molecule has 0 radical (unpaired) electrons. The minimum Gasteiger partial charge on any atom is -0.334 e. The van der Waals surface area contributed by atoms with Gasteiger partial charge in [-0.1, -0.05) is 24.3 Å². The molecule has 2 atom stereocenters. The Morgan fingerprint density at radius 3 is 2.60 bits per heavy atom. The number of amides is 3. The van der Waals surface area contributed by atoms with Gasteiger partial charge in [-0.3, -0.25) is 4.79 Å². The lowest BCUT2D eigenvalue weighted by Gasteiger charge is -2.19. The van der Waals surface area contributed by atoms with Crippen LogP contribution in [0, 0.1) is 11.8 Å². The maximum Gasteiger partial charge on any atom is 0.317 e. The number of hydrogen-bond acceptors (Lipinski definition) is 2. The molecular weight excluding hydrogens is 314 g/mol. The molecule has 0 spiro atoms. The van der Waals surface area contributed by atoms with Gasteiger partial charge < -0.3 is 15.1 Å². The lowest BCUT2D eigenvalue weighted by molar-refractivity contribution is -0.117. The van der Waals surface area contributed by atoms with Crippen LogP contribution >= 0.6 is 0 Å². The highest BCUT2D eigenvalue weighted by Crippen LogP contribution is 2.32. The van der Waals surface area contributed by atoms with Crippen LogP contribution in [-0.2, 0) is 11.3 Å². The fourth-order valence-corrected chi connectivity index (χ4v) is 4.23. The minimum absolute atomic E-state index is 0.0250. The molecule has 5 nitrogen and oxygen atoms in total. The van der Waals surface area contributed by atoms with Crippen LogP contribution in [0.2, 0.25) is 0 Å². The Bertz CT molecular complexity index is 684. The van der Waals surface area contributed by atoms with Gasteiger partial charge in [0.05, 0.1) is 0 Å². The van der Waals surface area contributed by atoms with Gasteiger partial charge in [-0.25, -0.2) is 4.79 Å². The summed E-state index contributed by atoms with van der Waals surface area (Å²) in [6.07, 6.45) is 8.24. The van der Waals surface area contributed by atoms with E-state index in [-0.39, 0.29) is 11.9 Å². The van der Waals surface area contributed by atoms with Gasteiger partial charge in [0.15, 0.2) is 0 Å². The predicted octanol–water partition coefficient (Wildman–Crippen LogP) is 2.92. The largest absolute Gasteiger partial charge is 0.334 e. The van der Waals surface area contributed by atoms with Crippen molar-refractivity contribution in [1.29, 1.82) is 0 Å². The highest BCUT2D eigenvalue weighted by molar-refractivity contribution is 5.95. The van der Waals surface area contributed by atoms with E-state index in [0.29, 0.717) is 24.8 Å². The number of fused-ring (bicyclic) bond motifs is 1. The first-order valence-corrected chi connectivity index (χ1v) is 9.28. The third-order valence-electron chi connectivity index (χ3n) is 5.65. The Morgan fingerprint density at radius 2 is 1.92 bits per heavy atom. The molecule has 0 unspecified atom stereocenters. The zero-order valence-electron chi connectivity index (χ0n) is 14.5. The first-order chi connectivity index (χ1) is 12.2. The number of carbonyl (C=O) groups is 2. The number of carbonyl (C=O) groups excluding carboxylic acids is 2. The van der Waals surface area contributed by atoms with Crippen LogP contribution in [0.15, 0.2) is 36.4 Å². The van der Waals surface area contributed by atoms with Gasteiger partial charge >= 0.3 is 6.03 Å². The van der Waals surface area contributed by atoms with Gasteiger partial charge in [0.1, 0.15) is 0 Å². The molecule has 2 fully saturated rings. The lowest BCUT2D eigenvalue weighted by Crippen LogP contribution is -2.38. The first-order valence-electron chi connectivity index (χ1n) is 9.28. The van der Waals surface area contributed by atoms with Gasteiger partial charge in [0.25, 0.3) is 0 Å². The monoisotopic (exact) mass is 339 g/mol. The molecule has 2 heterocycles. The number of hydrogen-bond donors (Lipinski definition) is 1. The number of urea groups is 1. The number of nitrogens with one attached hydrogen (secondary N) is 1. The maximum absolute atomic E-state index is 12.5. The van der Waals surface area contributed by atoms with Crippen molar-refractivity contribution >= 4 is 17.6 Å². The quantitative estimate of drug-likeness (QED) is 0.861. The molecule has 3 amide bonds. The number of allylic oxidation sites excluding steroid dienone is 2. The first kappa shape index (κ1) is 16.2. The van der Waals surface area contributed by atoms with Crippen molar-refractivity contribution < 1.29 is 9.59 Å². The van der Waals surface area contributed by atoms with E-state index in [1.54, 1.807) is 0 Å². The molecule has 1 aliphatic carbocycles. The van der Waals surface area contributed by atoms with Gasteiger partial charge in [0.2, 0.25) is 5.91 Å². The van der Waals surface area contributed by atoms with E-state index >= 15 is 0 Å². The average Bonchev–Trinajstić information content (AvgIpc) is 3.26. The standard InChI is InChI=1S/C20H25N3O2/c24-19-9-4-10-23(19)18-8-3-5-15(11-18)12-21-20(25)22-13-16-6-1-2-7-17(16)14-22/h1-3,5,8,11,16-17H,4,6-7,9-10,12-14H2,(H,21,25)/t16-,17-/m1/s1. The zero-order valence-corrected chi connectivity index (χ0v) is 14.5. The van der Waals surface area contributed by atoms with Crippen LogP contribution < -0.4 is 10.2 Å². The Hall–Kier alpha value is -2.30. The van der Waals surface area contributed by atoms with Crippen molar-refractivity contribution in [2.24, 2.45) is 11.8 Å². The molecule has 3 aliphatic rings. The Labute approximate surface area is 148 Å². The third-order valence-corrected chi connectivity index (χ3v) is 5.65. The second kappa shape index (κ2) is 6.90. The average molecular weight is 339 g/mol. The molecular formula is C20H25N3O2. The number of anilines is 1. The van der Waals surface area contributed by atoms with Crippen LogP contribution in [0.3, 0.4) is 0 Å². The van der Waals surface area contributed by atoms with Crippen molar-refractivity contribution in [3.05, 3.63) is 42.0 Å². The summed E-state index contributed by atoms with van der Waals surface area (Å²) in [5, 5.41) is 3.04. The summed E-state index contributed by atoms with van der Waals surface area (Å²) in [6, 6.07) is 7.96. The van der Waals surface area contributed by atoms with Crippen LogP contribution in [0.5, 0.6) is 0 Å². The summed E-state index contributed by atoms with van der Waals surface area (Å²) in [7, 11) is 0. The van der Waals surface area contributed by atoms with E-state index in [0.717, 1.165) is 50.1 Å². The normalized spacial score (nSPS) is 25.4. The fraction of sp³-hybridized carbons (Fsp3) is 0.500. The van der Waals surface area contributed by atoms with Crippen molar-refractivity contribution in [3.8, 4) is 0 Å². The second-order valence-electron chi connectivity index (χ2n) is 7.35. The van der Waals surface area contributed by atoms with E-state index < -0.39 is 0 Å². The summed E-state index contributed by atoms with van der Waals surface area (Å²) in [6.45, 7) is 3.02. The summed E-state index contributed by atoms with van der Waals surface area (Å²) in [5.41, 5.74) is 1.97. The highest BCUT2D eigenvalue weighted by Gasteiger charge is 2.34. The molecule has 0 bridgehead atoms. The molecule has 1 aromatic rings. The highest BCUT2D eigenvalue weighted by atomic mass is 16.2. The Balaban J connectivity index is 1.34. The van der Waals surface area contributed by atoms with E-state index in [2.05, 4.69) is 17.5 Å². The topological polar surface area (TPSA) is 52.7 Å². The van der Waals surface area contributed by atoms with E-state index in [1.807, 2.05) is 34.1 Å². The van der Waals surface area contributed by atoms with Gasteiger partial charge in [-0.2, -0.15) is 0 Å². The van der Waals surface area contributed by atoms with Crippen molar-refractivity contribution in [2.75, 3.05) is 24.5 Å². The number of likely N-dealkylation sites (tertiary alicyclic amines) is 1. The Morgan fingerprint density at radius 1 is 1.16 bits per heavy atom. The number of nitrogens with zero attached hydrogens (tertiary/aromatic N) is 2. The lowest BCUT2D eigenvalue weighted by atomic mass is 9.86. The molecule has 1 aromatic carbocycles. The SMILES string of the molecule is O=C(NCc1cccc(N2CCCC2=O)c1)N1C[C@H]2CC=CC[C@@H]2C1. The molecule has 0 aromatic heterocycles. The smallest absolute Gasteiger partial charge is 0.317 e. The van der Waals surface area contributed by atoms with Crippen molar-refractivity contribution in [2.45, 2.75) is 32.2 Å². The predicted molar refractivity (Wildman–Crippen MR) is 97.2 cm³/mol. The molecule has 4 rings (SSSR count). The second-order valence-corrected chi connectivity index (χ2v) is 7.35. The summed E-state index contributed by atoms with van der Waals surface area (Å²) >= 11 is 0. The van der Waals surface area contributed by atoms with E-state index in [4.69, 9.17) is 0 Å². The number of rotatable bonds is 3. The van der Waals surface area contributed by atoms with Crippen molar-refractivity contribution in [3.63, 3.8) is 0 Å². The third kappa shape index (κ3) is 3.41. The van der Waals surface area contributed by atoms with Crippen LogP contribution in [-0.4, -0.2) is 36.5 Å². The number of benzene rings is 1. The minimum atomic E-state index is 0.0250. The summed E-state index contributed by atoms with van der Waals surface area (Å²) < 4.78 is 0. The molecule has 0 saturated carbocycles. The van der Waals surface area contributed by atoms with Gasteiger partial charge in [-0.05, 0) is 48.8 Å². The fourth-order valence-electron chi connectivity index (χ4n) is 4.23. The van der Waals surface area contributed by atoms with Crippen LogP contribution in [0.25, 0.3) is 0 Å². The Kier molecular flexibility index (Phi) is 4.47. The zero-order chi connectivity index (χ0) is 17.2. The molecule has 2 saturated heterocycles. The van der Waals surface area contributed by atoms with E-state index in [9.17, 15) is 9.59 Å². The molecule has 5 heteroatoms. The molecule has 1 N–H and O–H groups in total. The van der Waals surface area contributed by atoms with Crippen LogP contribution in [0.4, 0.5) is 10.5 Å². The van der Waals surface area contributed by atoms with Gasteiger partial charge in [-0.15, -0.1) is 0 Å². The van der Waals surface area contributed by atoms with Crippen molar-refractivity contribution in [1.82, 2.24) is 10.2 Å². The molecule has 2 aliphatic heterocycles. The maximum atomic E-state index is 12.5. The molecule has 25 heavy (non-hydrogen) atoms. The van der Waals surface area contributed by atoms with Gasteiger partial charge in [0, 0.05) is 38.3 Å². The van der Waals surface area contributed by atoms with Crippen LogP contribution in [0.1, 0.15) is 31.2 Å². The van der Waals surface area contributed by atoms with E-state index in [1.165, 1.54) is 0 Å². The molecule has 132 valence electrons.